The highest BCUT2D eigenvalue weighted by molar-refractivity contribution is 6.04. The molecule has 27 heavy (non-hydrogen) atoms. The van der Waals surface area contributed by atoms with Crippen molar-refractivity contribution in [3.8, 4) is 0 Å². The first-order valence-corrected chi connectivity index (χ1v) is 8.40. The number of carbonyl (C=O) groups excluding carboxylic acids is 4. The molecular formula is C18H19N3O6. The topological polar surface area (TPSA) is 116 Å². The number of hydrogen-bond acceptors (Lipinski definition) is 6. The molecule has 1 saturated carbocycles. The summed E-state index contributed by atoms with van der Waals surface area (Å²) in [6.07, 6.45) is 3.30. The maximum absolute atomic E-state index is 12.0. The Morgan fingerprint density at radius 2 is 1.93 bits per heavy atom. The van der Waals surface area contributed by atoms with E-state index < -0.39 is 30.5 Å². The summed E-state index contributed by atoms with van der Waals surface area (Å²) in [4.78, 5) is 47.0. The second kappa shape index (κ2) is 7.90. The summed E-state index contributed by atoms with van der Waals surface area (Å²) >= 11 is 0. The van der Waals surface area contributed by atoms with Crippen LogP contribution in [0.5, 0.6) is 0 Å². The predicted octanol–water partition coefficient (Wildman–Crippen LogP) is 0.959. The van der Waals surface area contributed by atoms with E-state index in [1.807, 2.05) is 0 Å². The van der Waals surface area contributed by atoms with Gasteiger partial charge >= 0.3 is 18.0 Å². The Balaban J connectivity index is 1.58. The number of urea groups is 1. The third-order valence-electron chi connectivity index (χ3n) is 4.02. The van der Waals surface area contributed by atoms with Gasteiger partial charge in [0.15, 0.2) is 6.61 Å². The van der Waals surface area contributed by atoms with Crippen LogP contribution in [-0.2, 0) is 25.6 Å². The van der Waals surface area contributed by atoms with Crippen molar-refractivity contribution in [3.63, 3.8) is 0 Å². The van der Waals surface area contributed by atoms with Gasteiger partial charge in [-0.3, -0.25) is 14.9 Å². The molecule has 1 aliphatic carbocycles. The Morgan fingerprint density at radius 3 is 2.63 bits per heavy atom. The number of imide groups is 1. The third kappa shape index (κ3) is 4.63. The summed E-state index contributed by atoms with van der Waals surface area (Å²) in [5, 5.41) is 5.33. The van der Waals surface area contributed by atoms with E-state index in [0.717, 1.165) is 12.8 Å². The van der Waals surface area contributed by atoms with Gasteiger partial charge in [-0.2, -0.15) is 0 Å². The molecule has 0 aliphatic heterocycles. The molecule has 1 aromatic carbocycles. The molecule has 0 spiro atoms. The number of hydrogen-bond donors (Lipinski definition) is 2. The molecule has 2 aromatic rings. The van der Waals surface area contributed by atoms with E-state index in [1.54, 1.807) is 28.8 Å². The van der Waals surface area contributed by atoms with Gasteiger partial charge in [0.25, 0.3) is 5.91 Å². The van der Waals surface area contributed by atoms with Gasteiger partial charge in [0.1, 0.15) is 6.54 Å². The monoisotopic (exact) mass is 373 g/mol. The molecule has 3 rings (SSSR count). The van der Waals surface area contributed by atoms with Crippen LogP contribution in [0.1, 0.15) is 23.2 Å². The fourth-order valence-corrected chi connectivity index (χ4v) is 2.59. The summed E-state index contributed by atoms with van der Waals surface area (Å²) in [5.74, 6) is -1.90. The van der Waals surface area contributed by atoms with Gasteiger partial charge in [-0.1, -0.05) is 18.2 Å². The number of amides is 3. The maximum Gasteiger partial charge on any atom is 0.340 e. The Labute approximate surface area is 154 Å². The number of nitrogens with one attached hydrogen (secondary N) is 2. The number of fused-ring (bicyclic) bond motifs is 1. The zero-order valence-electron chi connectivity index (χ0n) is 14.7. The number of methoxy groups -OCH3 is 1. The largest absolute Gasteiger partial charge is 0.465 e. The molecule has 0 unspecified atom stereocenters. The fourth-order valence-electron chi connectivity index (χ4n) is 2.59. The number of para-hydroxylation sites is 1. The van der Waals surface area contributed by atoms with Crippen molar-refractivity contribution >= 4 is 34.8 Å². The summed E-state index contributed by atoms with van der Waals surface area (Å²) in [6.45, 7) is -0.765. The smallest absolute Gasteiger partial charge is 0.340 e. The molecule has 1 fully saturated rings. The number of rotatable bonds is 6. The number of ether oxygens (including phenoxy) is 2. The van der Waals surface area contributed by atoms with Crippen molar-refractivity contribution in [2.45, 2.75) is 25.4 Å². The molecule has 0 saturated heterocycles. The van der Waals surface area contributed by atoms with Crippen LogP contribution in [-0.4, -0.2) is 48.2 Å². The number of aromatic nitrogens is 1. The van der Waals surface area contributed by atoms with Crippen molar-refractivity contribution in [2.24, 2.45) is 0 Å². The Bertz CT molecular complexity index is 900. The van der Waals surface area contributed by atoms with Crippen LogP contribution < -0.4 is 10.6 Å². The summed E-state index contributed by atoms with van der Waals surface area (Å²) in [6, 6.07) is 6.56. The van der Waals surface area contributed by atoms with Crippen LogP contribution in [0.25, 0.3) is 10.9 Å². The van der Waals surface area contributed by atoms with Crippen molar-refractivity contribution < 1.29 is 28.7 Å². The fraction of sp³-hybridized carbons (Fsp3) is 0.333. The molecule has 142 valence electrons. The number of esters is 2. The lowest BCUT2D eigenvalue weighted by Gasteiger charge is -2.08. The standard InChI is InChI=1S/C18H19N3O6/c1-26-17(24)13-8-21(14-5-3-2-4-12(13)14)9-16(23)27-10-15(22)20-18(25)19-11-6-7-11/h2-5,8,11H,6-7,9-10H2,1H3,(H2,19,20,22,25). The van der Waals surface area contributed by atoms with Crippen LogP contribution in [0, 0.1) is 0 Å². The van der Waals surface area contributed by atoms with E-state index in [4.69, 9.17) is 9.47 Å². The van der Waals surface area contributed by atoms with E-state index in [2.05, 4.69) is 10.6 Å². The lowest BCUT2D eigenvalue weighted by atomic mass is 10.2. The highest BCUT2D eigenvalue weighted by Crippen LogP contribution is 2.22. The molecule has 9 nitrogen and oxygen atoms in total. The highest BCUT2D eigenvalue weighted by atomic mass is 16.5. The van der Waals surface area contributed by atoms with E-state index in [1.165, 1.54) is 13.3 Å². The average Bonchev–Trinajstić information content (AvgIpc) is 3.39. The van der Waals surface area contributed by atoms with Gasteiger partial charge in [0.2, 0.25) is 0 Å². The molecule has 1 aliphatic rings. The molecular weight excluding hydrogens is 354 g/mol. The van der Waals surface area contributed by atoms with E-state index in [0.29, 0.717) is 16.5 Å². The second-order valence-corrected chi connectivity index (χ2v) is 6.14. The van der Waals surface area contributed by atoms with Crippen LogP contribution in [0.2, 0.25) is 0 Å². The van der Waals surface area contributed by atoms with E-state index >= 15 is 0 Å². The molecule has 1 heterocycles. The molecule has 0 radical (unpaired) electrons. The summed E-state index contributed by atoms with van der Waals surface area (Å²) in [5.41, 5.74) is 0.985. The second-order valence-electron chi connectivity index (χ2n) is 6.14. The maximum atomic E-state index is 12.0. The number of carbonyl (C=O) groups is 4. The van der Waals surface area contributed by atoms with Gasteiger partial charge in [0.05, 0.1) is 12.7 Å². The minimum absolute atomic E-state index is 0.117. The molecule has 0 bridgehead atoms. The van der Waals surface area contributed by atoms with Gasteiger partial charge < -0.3 is 19.4 Å². The Morgan fingerprint density at radius 1 is 1.19 bits per heavy atom. The summed E-state index contributed by atoms with van der Waals surface area (Å²) in [7, 11) is 1.28. The average molecular weight is 373 g/mol. The lowest BCUT2D eigenvalue weighted by molar-refractivity contribution is -0.148. The third-order valence-corrected chi connectivity index (χ3v) is 4.02. The van der Waals surface area contributed by atoms with Gasteiger partial charge in [0, 0.05) is 23.1 Å². The highest BCUT2D eigenvalue weighted by Gasteiger charge is 2.24. The van der Waals surface area contributed by atoms with Gasteiger partial charge in [-0.05, 0) is 18.9 Å². The van der Waals surface area contributed by atoms with E-state index in [-0.39, 0.29) is 12.6 Å². The van der Waals surface area contributed by atoms with E-state index in [9.17, 15) is 19.2 Å². The minimum atomic E-state index is -0.714. The SMILES string of the molecule is COC(=O)c1cn(CC(=O)OCC(=O)NC(=O)NC2CC2)c2ccccc12. The zero-order chi connectivity index (χ0) is 19.4. The molecule has 2 N–H and O–H groups in total. The Hall–Kier alpha value is -3.36. The van der Waals surface area contributed by atoms with Crippen LogP contribution in [0.3, 0.4) is 0 Å². The van der Waals surface area contributed by atoms with Gasteiger partial charge in [-0.15, -0.1) is 0 Å². The molecule has 9 heteroatoms. The zero-order valence-corrected chi connectivity index (χ0v) is 14.7. The van der Waals surface area contributed by atoms with Crippen LogP contribution in [0.15, 0.2) is 30.5 Å². The van der Waals surface area contributed by atoms with Crippen LogP contribution in [0.4, 0.5) is 4.79 Å². The predicted molar refractivity (Wildman–Crippen MR) is 93.9 cm³/mol. The first kappa shape index (κ1) is 18.4. The van der Waals surface area contributed by atoms with Crippen LogP contribution >= 0.6 is 0 Å². The number of nitrogens with zero attached hydrogens (tertiary/aromatic N) is 1. The summed E-state index contributed by atoms with van der Waals surface area (Å²) < 4.78 is 11.2. The number of benzene rings is 1. The normalized spacial score (nSPS) is 13.1. The molecule has 1 aromatic heterocycles. The van der Waals surface area contributed by atoms with Crippen molar-refractivity contribution in [2.75, 3.05) is 13.7 Å². The minimum Gasteiger partial charge on any atom is -0.465 e. The molecule has 0 atom stereocenters. The van der Waals surface area contributed by atoms with Crippen molar-refractivity contribution in [1.29, 1.82) is 0 Å². The Kier molecular flexibility index (Phi) is 5.39. The molecule has 3 amide bonds. The van der Waals surface area contributed by atoms with Crippen molar-refractivity contribution in [3.05, 3.63) is 36.0 Å². The van der Waals surface area contributed by atoms with Gasteiger partial charge in [-0.25, -0.2) is 9.59 Å². The first-order valence-electron chi connectivity index (χ1n) is 8.40. The van der Waals surface area contributed by atoms with Crippen molar-refractivity contribution in [1.82, 2.24) is 15.2 Å². The lowest BCUT2D eigenvalue weighted by Crippen LogP contribution is -2.42. The first-order chi connectivity index (χ1) is 13.0. The quantitative estimate of drug-likeness (QED) is 0.729.